The summed E-state index contributed by atoms with van der Waals surface area (Å²) in [5.74, 6) is 0.899. The Morgan fingerprint density at radius 1 is 1.14 bits per heavy atom. The van der Waals surface area contributed by atoms with Crippen LogP contribution in [-0.2, 0) is 7.05 Å². The van der Waals surface area contributed by atoms with Crippen LogP contribution in [0.3, 0.4) is 0 Å². The minimum Gasteiger partial charge on any atom is -0.358 e. The van der Waals surface area contributed by atoms with Crippen molar-refractivity contribution in [3.05, 3.63) is 44.2 Å². The zero-order valence-corrected chi connectivity index (χ0v) is 11.9. The standard InChI is InChI=1S/C9H9N3.CH3.K/c1-12-7-6-11-9(12)8-4-2-3-5-10-8;;/h2-7H,1H3;1H3;/q;-1;+1. The number of hydrogen-bond acceptors (Lipinski definition) is 2. The molecular formula is C10H12KN3. The second-order valence-electron chi connectivity index (χ2n) is 2.58. The molecule has 0 aliphatic rings. The van der Waals surface area contributed by atoms with E-state index in [1.807, 2.05) is 36.0 Å². The smallest absolute Gasteiger partial charge is 0.358 e. The fraction of sp³-hybridized carbons (Fsp3) is 0.100. The van der Waals surface area contributed by atoms with E-state index >= 15 is 0 Å². The number of aromatic nitrogens is 3. The first-order chi connectivity index (χ1) is 5.88. The molecule has 0 atom stereocenters. The first-order valence-electron chi connectivity index (χ1n) is 3.76. The van der Waals surface area contributed by atoms with Crippen LogP contribution in [0, 0.1) is 7.43 Å². The second-order valence-corrected chi connectivity index (χ2v) is 2.58. The molecule has 0 aliphatic heterocycles. The van der Waals surface area contributed by atoms with Crippen molar-refractivity contribution in [2.75, 3.05) is 0 Å². The molecule has 2 heterocycles. The van der Waals surface area contributed by atoms with Crippen LogP contribution in [0.4, 0.5) is 0 Å². The van der Waals surface area contributed by atoms with E-state index in [1.54, 1.807) is 12.4 Å². The molecule has 0 aromatic carbocycles. The SMILES string of the molecule is Cn1ccnc1-c1ccccn1.[CH3-].[K+]. The van der Waals surface area contributed by atoms with Gasteiger partial charge in [0.1, 0.15) is 5.69 Å². The average Bonchev–Trinajstić information content (AvgIpc) is 2.53. The zero-order chi connectivity index (χ0) is 8.39. The maximum absolute atomic E-state index is 4.20. The molecule has 0 saturated heterocycles. The van der Waals surface area contributed by atoms with Crippen LogP contribution < -0.4 is 51.4 Å². The normalized spacial score (nSPS) is 8.64. The number of aryl methyl sites for hydroxylation is 1. The van der Waals surface area contributed by atoms with Gasteiger partial charge in [-0.05, 0) is 12.1 Å². The molecule has 3 nitrogen and oxygen atoms in total. The minimum absolute atomic E-state index is 0. The van der Waals surface area contributed by atoms with Crippen LogP contribution >= 0.6 is 0 Å². The van der Waals surface area contributed by atoms with E-state index in [9.17, 15) is 0 Å². The quantitative estimate of drug-likeness (QED) is 0.446. The van der Waals surface area contributed by atoms with Crippen molar-refractivity contribution in [1.82, 2.24) is 14.5 Å². The Bertz CT molecular complexity index is 370. The van der Waals surface area contributed by atoms with Gasteiger partial charge in [-0.1, -0.05) is 6.07 Å². The molecule has 0 bridgehead atoms. The summed E-state index contributed by atoms with van der Waals surface area (Å²) in [4.78, 5) is 8.39. The number of rotatable bonds is 1. The van der Waals surface area contributed by atoms with E-state index in [1.165, 1.54) is 0 Å². The van der Waals surface area contributed by atoms with Crippen molar-refractivity contribution in [2.45, 2.75) is 0 Å². The third-order valence-electron chi connectivity index (χ3n) is 1.72. The maximum atomic E-state index is 4.20. The largest absolute Gasteiger partial charge is 1.00 e. The van der Waals surface area contributed by atoms with Gasteiger partial charge in [0, 0.05) is 25.6 Å². The van der Waals surface area contributed by atoms with Gasteiger partial charge in [-0.25, -0.2) is 4.98 Å². The third kappa shape index (κ3) is 3.00. The molecule has 4 heteroatoms. The second kappa shape index (κ2) is 6.47. The molecule has 0 aliphatic carbocycles. The van der Waals surface area contributed by atoms with Crippen molar-refractivity contribution in [2.24, 2.45) is 7.05 Å². The van der Waals surface area contributed by atoms with Crippen LogP contribution in [0.5, 0.6) is 0 Å². The Morgan fingerprint density at radius 2 is 1.93 bits per heavy atom. The van der Waals surface area contributed by atoms with Gasteiger partial charge in [-0.2, -0.15) is 0 Å². The fourth-order valence-corrected chi connectivity index (χ4v) is 1.11. The Balaban J connectivity index is 0.000000845. The van der Waals surface area contributed by atoms with E-state index in [0.717, 1.165) is 11.5 Å². The summed E-state index contributed by atoms with van der Waals surface area (Å²) in [7, 11) is 1.96. The Morgan fingerprint density at radius 3 is 2.43 bits per heavy atom. The Hall–Kier alpha value is -0.00364. The molecule has 0 N–H and O–H groups in total. The van der Waals surface area contributed by atoms with E-state index in [0.29, 0.717) is 0 Å². The molecule has 0 spiro atoms. The van der Waals surface area contributed by atoms with Crippen LogP contribution in [0.25, 0.3) is 11.5 Å². The summed E-state index contributed by atoms with van der Waals surface area (Å²) in [5.41, 5.74) is 0.907. The predicted molar refractivity (Wildman–Crippen MR) is 52.9 cm³/mol. The number of pyridine rings is 1. The fourth-order valence-electron chi connectivity index (χ4n) is 1.11. The molecule has 68 valence electrons. The first kappa shape index (κ1) is 14.0. The molecule has 2 rings (SSSR count). The van der Waals surface area contributed by atoms with Gasteiger partial charge >= 0.3 is 51.4 Å². The molecule has 0 radical (unpaired) electrons. The maximum Gasteiger partial charge on any atom is 1.00 e. The molecule has 0 amide bonds. The van der Waals surface area contributed by atoms with Crippen molar-refractivity contribution < 1.29 is 51.4 Å². The van der Waals surface area contributed by atoms with Crippen molar-refractivity contribution in [1.29, 1.82) is 0 Å². The summed E-state index contributed by atoms with van der Waals surface area (Å²) in [6.45, 7) is 0. The van der Waals surface area contributed by atoms with E-state index < -0.39 is 0 Å². The van der Waals surface area contributed by atoms with E-state index in [4.69, 9.17) is 0 Å². The van der Waals surface area contributed by atoms with E-state index in [2.05, 4.69) is 9.97 Å². The minimum atomic E-state index is 0. The molecule has 0 saturated carbocycles. The van der Waals surface area contributed by atoms with Gasteiger partial charge in [-0.15, -0.1) is 0 Å². The average molecular weight is 213 g/mol. The summed E-state index contributed by atoms with van der Waals surface area (Å²) < 4.78 is 1.95. The number of imidazole rings is 1. The summed E-state index contributed by atoms with van der Waals surface area (Å²) >= 11 is 0. The van der Waals surface area contributed by atoms with Crippen molar-refractivity contribution in [3.8, 4) is 11.5 Å². The van der Waals surface area contributed by atoms with Gasteiger partial charge in [-0.3, -0.25) is 4.98 Å². The van der Waals surface area contributed by atoms with Crippen LogP contribution in [0.1, 0.15) is 0 Å². The first-order valence-corrected chi connectivity index (χ1v) is 3.76. The molecule has 14 heavy (non-hydrogen) atoms. The topological polar surface area (TPSA) is 30.7 Å². The van der Waals surface area contributed by atoms with Gasteiger partial charge in [0.15, 0.2) is 5.82 Å². The molecule has 2 aromatic rings. The van der Waals surface area contributed by atoms with E-state index in [-0.39, 0.29) is 58.8 Å². The van der Waals surface area contributed by atoms with Gasteiger partial charge in [0.05, 0.1) is 0 Å². The van der Waals surface area contributed by atoms with Gasteiger partial charge < -0.3 is 12.0 Å². The molecular weight excluding hydrogens is 201 g/mol. The number of hydrogen-bond donors (Lipinski definition) is 0. The Kier molecular flexibility index (Phi) is 6.47. The Labute approximate surface area is 127 Å². The summed E-state index contributed by atoms with van der Waals surface area (Å²) in [5, 5.41) is 0. The van der Waals surface area contributed by atoms with Crippen molar-refractivity contribution >= 4 is 0 Å². The summed E-state index contributed by atoms with van der Waals surface area (Å²) in [6, 6.07) is 5.80. The third-order valence-corrected chi connectivity index (χ3v) is 1.72. The van der Waals surface area contributed by atoms with Gasteiger partial charge in [0.25, 0.3) is 0 Å². The van der Waals surface area contributed by atoms with Gasteiger partial charge in [0.2, 0.25) is 0 Å². The predicted octanol–water partition coefficient (Wildman–Crippen LogP) is -1.06. The molecule has 0 unspecified atom stereocenters. The van der Waals surface area contributed by atoms with Crippen LogP contribution in [0.2, 0.25) is 0 Å². The zero-order valence-electron chi connectivity index (χ0n) is 8.81. The molecule has 2 aromatic heterocycles. The monoisotopic (exact) mass is 213 g/mol. The van der Waals surface area contributed by atoms with Crippen molar-refractivity contribution in [3.63, 3.8) is 0 Å². The summed E-state index contributed by atoms with van der Waals surface area (Å²) in [6.07, 6.45) is 5.44. The molecule has 0 fully saturated rings. The number of nitrogens with zero attached hydrogens (tertiary/aromatic N) is 3. The van der Waals surface area contributed by atoms with Crippen LogP contribution in [0.15, 0.2) is 36.8 Å². The van der Waals surface area contributed by atoms with Crippen LogP contribution in [-0.4, -0.2) is 14.5 Å².